The van der Waals surface area contributed by atoms with Gasteiger partial charge in [0, 0.05) is 16.4 Å². The van der Waals surface area contributed by atoms with Crippen molar-refractivity contribution in [1.82, 2.24) is 4.98 Å². The second kappa shape index (κ2) is 8.69. The molecule has 5 nitrogen and oxygen atoms in total. The first-order valence-corrected chi connectivity index (χ1v) is 8.83. The van der Waals surface area contributed by atoms with Gasteiger partial charge < -0.3 is 10.6 Å². The maximum Gasteiger partial charge on any atom is 0.235 e. The molecule has 1 heterocycles. The molecule has 0 spiro atoms. The lowest BCUT2D eigenvalue weighted by atomic mass is 10.2. The Morgan fingerprint density at radius 3 is 2.30 bits per heavy atom. The molecular weight excluding hydrogens is 378 g/mol. The van der Waals surface area contributed by atoms with Crippen molar-refractivity contribution in [3.05, 3.63) is 52.6 Å². The van der Waals surface area contributed by atoms with Gasteiger partial charge in [0.1, 0.15) is 5.82 Å². The number of amides is 2. The molecule has 2 rings (SSSR count). The van der Waals surface area contributed by atoms with Crippen LogP contribution in [-0.2, 0) is 9.59 Å². The van der Waals surface area contributed by atoms with Crippen LogP contribution in [0.25, 0.3) is 0 Å². The van der Waals surface area contributed by atoms with Crippen LogP contribution in [0, 0.1) is 6.92 Å². The van der Waals surface area contributed by atoms with Crippen LogP contribution >= 0.6 is 27.7 Å². The number of carbonyl (C=O) groups is 2. The van der Waals surface area contributed by atoms with Gasteiger partial charge in [0.2, 0.25) is 11.8 Å². The number of nitrogens with one attached hydrogen (secondary N) is 2. The molecule has 23 heavy (non-hydrogen) atoms. The number of pyridine rings is 1. The Morgan fingerprint density at radius 2 is 1.70 bits per heavy atom. The molecule has 0 aliphatic rings. The fourth-order valence-electron chi connectivity index (χ4n) is 1.70. The summed E-state index contributed by atoms with van der Waals surface area (Å²) in [5.41, 5.74) is 1.89. The lowest BCUT2D eigenvalue weighted by molar-refractivity contribution is -0.114. The van der Waals surface area contributed by atoms with E-state index in [0.717, 1.165) is 15.7 Å². The van der Waals surface area contributed by atoms with Crippen LogP contribution in [0.5, 0.6) is 0 Å². The van der Waals surface area contributed by atoms with Gasteiger partial charge in [-0.2, -0.15) is 0 Å². The SMILES string of the molecule is Cc1ccc(NC(=O)CSCC(=O)Nc2ccc(Br)cn2)cc1. The zero-order chi connectivity index (χ0) is 16.7. The van der Waals surface area contributed by atoms with Gasteiger partial charge in [-0.05, 0) is 47.1 Å². The highest BCUT2D eigenvalue weighted by Crippen LogP contribution is 2.12. The summed E-state index contributed by atoms with van der Waals surface area (Å²) in [5, 5.41) is 5.47. The number of halogens is 1. The van der Waals surface area contributed by atoms with Crippen LogP contribution in [0.15, 0.2) is 47.1 Å². The van der Waals surface area contributed by atoms with Gasteiger partial charge in [-0.1, -0.05) is 17.7 Å². The van der Waals surface area contributed by atoms with Crippen molar-refractivity contribution >= 4 is 51.0 Å². The zero-order valence-corrected chi connectivity index (χ0v) is 14.9. The third kappa shape index (κ3) is 6.42. The van der Waals surface area contributed by atoms with Crippen LogP contribution in [0.3, 0.4) is 0 Å². The van der Waals surface area contributed by atoms with Gasteiger partial charge in [-0.15, -0.1) is 11.8 Å². The van der Waals surface area contributed by atoms with Crippen molar-refractivity contribution in [1.29, 1.82) is 0 Å². The summed E-state index contributed by atoms with van der Waals surface area (Å²) in [6.45, 7) is 1.99. The second-order valence-electron chi connectivity index (χ2n) is 4.82. The lowest BCUT2D eigenvalue weighted by Gasteiger charge is -2.06. The number of hydrogen-bond donors (Lipinski definition) is 2. The Hall–Kier alpha value is -1.86. The Kier molecular flexibility index (Phi) is 6.61. The molecule has 0 aliphatic carbocycles. The molecule has 0 aliphatic heterocycles. The minimum Gasteiger partial charge on any atom is -0.325 e. The summed E-state index contributed by atoms with van der Waals surface area (Å²) in [7, 11) is 0. The number of thioether (sulfide) groups is 1. The normalized spacial score (nSPS) is 10.2. The molecule has 1 aromatic carbocycles. The van der Waals surface area contributed by atoms with Crippen molar-refractivity contribution < 1.29 is 9.59 Å². The highest BCUT2D eigenvalue weighted by molar-refractivity contribution is 9.10. The van der Waals surface area contributed by atoms with Gasteiger partial charge in [-0.3, -0.25) is 9.59 Å². The molecule has 0 unspecified atom stereocenters. The molecule has 2 aromatic rings. The fourth-order valence-corrected chi connectivity index (χ4v) is 2.55. The van der Waals surface area contributed by atoms with E-state index in [2.05, 4.69) is 31.5 Å². The first kappa shape index (κ1) is 17.5. The number of anilines is 2. The van der Waals surface area contributed by atoms with Gasteiger partial charge in [0.15, 0.2) is 0 Å². The predicted molar refractivity (Wildman–Crippen MR) is 97.7 cm³/mol. The summed E-state index contributed by atoms with van der Waals surface area (Å²) in [4.78, 5) is 27.6. The highest BCUT2D eigenvalue weighted by atomic mass is 79.9. The summed E-state index contributed by atoms with van der Waals surface area (Å²) in [6.07, 6.45) is 1.61. The average Bonchev–Trinajstić information content (AvgIpc) is 2.52. The van der Waals surface area contributed by atoms with E-state index in [1.807, 2.05) is 31.2 Å². The molecule has 0 saturated carbocycles. The number of benzene rings is 1. The van der Waals surface area contributed by atoms with Crippen LogP contribution in [-0.4, -0.2) is 28.3 Å². The Balaban J connectivity index is 1.69. The Bertz CT molecular complexity index is 615. The lowest BCUT2D eigenvalue weighted by Crippen LogP contribution is -2.18. The van der Waals surface area contributed by atoms with E-state index < -0.39 is 0 Å². The van der Waals surface area contributed by atoms with Gasteiger partial charge in [-0.25, -0.2) is 4.98 Å². The Labute approximate surface area is 147 Å². The minimum atomic E-state index is -0.187. The molecule has 0 atom stereocenters. The van der Waals surface area contributed by atoms with Crippen LogP contribution in [0.4, 0.5) is 11.5 Å². The molecule has 7 heteroatoms. The monoisotopic (exact) mass is 393 g/mol. The number of rotatable bonds is 6. The number of carbonyl (C=O) groups excluding carboxylic acids is 2. The smallest absolute Gasteiger partial charge is 0.235 e. The third-order valence-corrected chi connectivity index (χ3v) is 4.20. The van der Waals surface area contributed by atoms with E-state index in [1.54, 1.807) is 18.3 Å². The van der Waals surface area contributed by atoms with Crippen molar-refractivity contribution in [3.63, 3.8) is 0 Å². The molecule has 0 radical (unpaired) electrons. The molecule has 0 fully saturated rings. The van der Waals surface area contributed by atoms with Crippen molar-refractivity contribution in [2.75, 3.05) is 22.1 Å². The number of aromatic nitrogens is 1. The molecule has 1 aromatic heterocycles. The number of hydrogen-bond acceptors (Lipinski definition) is 4. The standard InChI is InChI=1S/C16H16BrN3O2S/c1-11-2-5-13(6-3-11)19-15(21)9-23-10-16(22)20-14-7-4-12(17)8-18-14/h2-8H,9-10H2,1H3,(H,19,21)(H,18,20,22). The predicted octanol–water partition coefficient (Wildman–Crippen LogP) is 3.46. The molecule has 0 saturated heterocycles. The van der Waals surface area contributed by atoms with E-state index >= 15 is 0 Å². The number of nitrogens with zero attached hydrogens (tertiary/aromatic N) is 1. The van der Waals surface area contributed by atoms with Gasteiger partial charge in [0.25, 0.3) is 0 Å². The van der Waals surface area contributed by atoms with Crippen LogP contribution in [0.2, 0.25) is 0 Å². The van der Waals surface area contributed by atoms with E-state index in [1.165, 1.54) is 11.8 Å². The molecule has 120 valence electrons. The van der Waals surface area contributed by atoms with E-state index in [0.29, 0.717) is 5.82 Å². The summed E-state index contributed by atoms with van der Waals surface area (Å²) >= 11 is 4.53. The number of aryl methyl sites for hydroxylation is 1. The minimum absolute atomic E-state index is 0.131. The van der Waals surface area contributed by atoms with E-state index in [4.69, 9.17) is 0 Å². The van der Waals surface area contributed by atoms with Crippen LogP contribution in [0.1, 0.15) is 5.56 Å². The maximum atomic E-state index is 11.8. The first-order chi connectivity index (χ1) is 11.0. The van der Waals surface area contributed by atoms with E-state index in [9.17, 15) is 9.59 Å². The van der Waals surface area contributed by atoms with E-state index in [-0.39, 0.29) is 23.3 Å². The average molecular weight is 394 g/mol. The topological polar surface area (TPSA) is 71.1 Å². The second-order valence-corrected chi connectivity index (χ2v) is 6.72. The van der Waals surface area contributed by atoms with Crippen molar-refractivity contribution in [2.45, 2.75) is 6.92 Å². The molecular formula is C16H16BrN3O2S. The van der Waals surface area contributed by atoms with Gasteiger partial charge in [0.05, 0.1) is 11.5 Å². The third-order valence-electron chi connectivity index (χ3n) is 2.80. The molecule has 2 amide bonds. The first-order valence-electron chi connectivity index (χ1n) is 6.88. The largest absolute Gasteiger partial charge is 0.325 e. The zero-order valence-electron chi connectivity index (χ0n) is 12.5. The quantitative estimate of drug-likeness (QED) is 0.787. The highest BCUT2D eigenvalue weighted by Gasteiger charge is 2.07. The summed E-state index contributed by atoms with van der Waals surface area (Å²) in [6, 6.07) is 11.1. The summed E-state index contributed by atoms with van der Waals surface area (Å²) in [5.74, 6) is 0.581. The maximum absolute atomic E-state index is 11.8. The van der Waals surface area contributed by atoms with Crippen molar-refractivity contribution in [3.8, 4) is 0 Å². The van der Waals surface area contributed by atoms with Crippen LogP contribution < -0.4 is 10.6 Å². The molecule has 0 bridgehead atoms. The Morgan fingerprint density at radius 1 is 1.04 bits per heavy atom. The van der Waals surface area contributed by atoms with Gasteiger partial charge >= 0.3 is 0 Å². The summed E-state index contributed by atoms with van der Waals surface area (Å²) < 4.78 is 0.845. The van der Waals surface area contributed by atoms with Crippen molar-refractivity contribution in [2.24, 2.45) is 0 Å². The molecule has 2 N–H and O–H groups in total. The fraction of sp³-hybridized carbons (Fsp3) is 0.188.